The van der Waals surface area contributed by atoms with Crippen LogP contribution in [-0.4, -0.2) is 43.1 Å². The van der Waals surface area contributed by atoms with Crippen LogP contribution < -0.4 is 14.4 Å². The summed E-state index contributed by atoms with van der Waals surface area (Å²) in [6.07, 6.45) is 2.37. The maximum atomic E-state index is 12.6. The summed E-state index contributed by atoms with van der Waals surface area (Å²) < 4.78 is 16.1. The summed E-state index contributed by atoms with van der Waals surface area (Å²) in [6, 6.07) is 13.3. The Morgan fingerprint density at radius 2 is 1.90 bits per heavy atom. The zero-order valence-corrected chi connectivity index (χ0v) is 17.2. The number of nitrogens with zero attached hydrogens (tertiary/aromatic N) is 3. The molecular weight excluding hydrogens is 390 g/mol. The molecule has 1 unspecified atom stereocenters. The Labute approximate surface area is 173 Å². The van der Waals surface area contributed by atoms with Crippen molar-refractivity contribution in [3.8, 4) is 23.0 Å². The van der Waals surface area contributed by atoms with Crippen LogP contribution in [0.25, 0.3) is 11.5 Å². The van der Waals surface area contributed by atoms with Gasteiger partial charge >= 0.3 is 0 Å². The molecular formula is C21H21N3O4S. The summed E-state index contributed by atoms with van der Waals surface area (Å²) in [5.41, 5.74) is 1.60. The molecule has 0 aliphatic carbocycles. The van der Waals surface area contributed by atoms with Crippen molar-refractivity contribution in [3.05, 3.63) is 48.3 Å². The molecule has 1 aliphatic heterocycles. The van der Waals surface area contributed by atoms with Crippen molar-refractivity contribution >= 4 is 23.4 Å². The average molecular weight is 411 g/mol. The molecule has 0 N–H and O–H groups in total. The first-order chi connectivity index (χ1) is 14.1. The van der Waals surface area contributed by atoms with Crippen molar-refractivity contribution in [2.24, 2.45) is 0 Å². The van der Waals surface area contributed by atoms with Crippen LogP contribution in [0.2, 0.25) is 0 Å². The normalized spacial score (nSPS) is 16.3. The molecule has 0 radical (unpaired) electrons. The lowest BCUT2D eigenvalue weighted by atomic mass is 10.1. The van der Waals surface area contributed by atoms with Crippen LogP contribution in [0.15, 0.2) is 51.9 Å². The highest BCUT2D eigenvalue weighted by Crippen LogP contribution is 2.34. The maximum absolute atomic E-state index is 12.6. The fourth-order valence-electron chi connectivity index (χ4n) is 3.36. The highest BCUT2D eigenvalue weighted by molar-refractivity contribution is 7.98. The van der Waals surface area contributed by atoms with Crippen LogP contribution in [0.3, 0.4) is 0 Å². The third-order valence-corrected chi connectivity index (χ3v) is 5.62. The zero-order valence-electron chi connectivity index (χ0n) is 16.4. The zero-order chi connectivity index (χ0) is 20.4. The van der Waals surface area contributed by atoms with Gasteiger partial charge in [0.2, 0.25) is 5.91 Å². The summed E-state index contributed by atoms with van der Waals surface area (Å²) in [4.78, 5) is 20.0. The Kier molecular flexibility index (Phi) is 5.44. The van der Waals surface area contributed by atoms with Crippen molar-refractivity contribution < 1.29 is 18.8 Å². The Balaban J connectivity index is 1.57. The molecule has 1 aromatic heterocycles. The lowest BCUT2D eigenvalue weighted by molar-refractivity contribution is -0.117. The number of carbonyl (C=O) groups is 1. The molecule has 2 aromatic carbocycles. The number of benzene rings is 2. The number of carbonyl (C=O) groups excluding carboxylic acids is 1. The highest BCUT2D eigenvalue weighted by atomic mass is 32.2. The summed E-state index contributed by atoms with van der Waals surface area (Å²) in [5.74, 6) is 2.10. The van der Waals surface area contributed by atoms with Crippen LogP contribution in [-0.2, 0) is 4.79 Å². The number of methoxy groups -OCH3 is 2. The number of aromatic nitrogens is 2. The van der Waals surface area contributed by atoms with Crippen molar-refractivity contribution in [2.75, 3.05) is 31.9 Å². The maximum Gasteiger partial charge on any atom is 0.258 e. The predicted molar refractivity (Wildman–Crippen MR) is 111 cm³/mol. The molecule has 29 heavy (non-hydrogen) atoms. The Morgan fingerprint density at radius 3 is 2.59 bits per heavy atom. The second-order valence-corrected chi connectivity index (χ2v) is 7.55. The SMILES string of the molecule is COc1cc(OC)cc(-c2nc(C3CC(=O)N(c4cccc(SC)c4)C3)no2)c1. The topological polar surface area (TPSA) is 77.7 Å². The Morgan fingerprint density at radius 1 is 1.14 bits per heavy atom. The first-order valence-electron chi connectivity index (χ1n) is 9.12. The quantitative estimate of drug-likeness (QED) is 0.568. The number of hydrogen-bond acceptors (Lipinski definition) is 7. The minimum absolute atomic E-state index is 0.0580. The minimum Gasteiger partial charge on any atom is -0.497 e. The number of anilines is 1. The third-order valence-electron chi connectivity index (χ3n) is 4.90. The van der Waals surface area contributed by atoms with Gasteiger partial charge in [0.25, 0.3) is 5.89 Å². The van der Waals surface area contributed by atoms with Gasteiger partial charge in [0, 0.05) is 41.1 Å². The van der Waals surface area contributed by atoms with E-state index in [1.807, 2.05) is 30.5 Å². The van der Waals surface area contributed by atoms with Gasteiger partial charge in [-0.2, -0.15) is 4.98 Å². The van der Waals surface area contributed by atoms with Crippen LogP contribution in [0.4, 0.5) is 5.69 Å². The largest absolute Gasteiger partial charge is 0.497 e. The van der Waals surface area contributed by atoms with Crippen molar-refractivity contribution in [2.45, 2.75) is 17.2 Å². The summed E-state index contributed by atoms with van der Waals surface area (Å²) in [6.45, 7) is 0.525. The van der Waals surface area contributed by atoms with Crippen LogP contribution in [0.5, 0.6) is 11.5 Å². The molecule has 7 nitrogen and oxygen atoms in total. The van der Waals surface area contributed by atoms with Gasteiger partial charge in [-0.15, -0.1) is 11.8 Å². The molecule has 1 aliphatic rings. The molecule has 1 fully saturated rings. The lowest BCUT2D eigenvalue weighted by Crippen LogP contribution is -2.24. The number of thioether (sulfide) groups is 1. The number of hydrogen-bond donors (Lipinski definition) is 0. The Bertz CT molecular complexity index is 1010. The van der Waals surface area contributed by atoms with Gasteiger partial charge in [0.1, 0.15) is 11.5 Å². The van der Waals surface area contributed by atoms with E-state index in [4.69, 9.17) is 14.0 Å². The Hall–Kier alpha value is -3.00. The molecule has 1 atom stereocenters. The molecule has 0 saturated carbocycles. The molecule has 0 bridgehead atoms. The standard InChI is InChI=1S/C21H21N3O4S/c1-26-16-7-13(8-17(11-16)27-2)21-22-20(23-28-21)14-9-19(25)24(12-14)15-5-4-6-18(10-15)29-3/h4-8,10-11,14H,9,12H2,1-3H3. The predicted octanol–water partition coefficient (Wildman–Crippen LogP) is 4.00. The summed E-state index contributed by atoms with van der Waals surface area (Å²) in [5, 5.41) is 4.13. The lowest BCUT2D eigenvalue weighted by Gasteiger charge is -2.16. The van der Waals surface area contributed by atoms with Crippen LogP contribution in [0, 0.1) is 0 Å². The van der Waals surface area contributed by atoms with E-state index in [0.717, 1.165) is 10.6 Å². The minimum atomic E-state index is -0.120. The van der Waals surface area contributed by atoms with E-state index >= 15 is 0 Å². The number of rotatable bonds is 6. The first kappa shape index (κ1) is 19.3. The molecule has 150 valence electrons. The second-order valence-electron chi connectivity index (χ2n) is 6.67. The van der Waals surface area contributed by atoms with E-state index in [0.29, 0.717) is 41.7 Å². The van der Waals surface area contributed by atoms with Crippen LogP contribution >= 0.6 is 11.8 Å². The number of amides is 1. The molecule has 1 amide bonds. The van der Waals surface area contributed by atoms with Crippen molar-refractivity contribution in [3.63, 3.8) is 0 Å². The molecule has 8 heteroatoms. The van der Waals surface area contributed by atoms with E-state index in [1.54, 1.807) is 49.1 Å². The van der Waals surface area contributed by atoms with Crippen molar-refractivity contribution in [1.29, 1.82) is 0 Å². The van der Waals surface area contributed by atoms with Gasteiger partial charge in [-0.25, -0.2) is 0 Å². The highest BCUT2D eigenvalue weighted by Gasteiger charge is 2.34. The van der Waals surface area contributed by atoms with Gasteiger partial charge in [-0.3, -0.25) is 4.79 Å². The summed E-state index contributed by atoms with van der Waals surface area (Å²) >= 11 is 1.65. The van der Waals surface area contributed by atoms with E-state index in [2.05, 4.69) is 10.1 Å². The van der Waals surface area contributed by atoms with Gasteiger partial charge in [-0.05, 0) is 36.6 Å². The first-order valence-corrected chi connectivity index (χ1v) is 10.3. The van der Waals surface area contributed by atoms with Crippen LogP contribution in [0.1, 0.15) is 18.2 Å². The third kappa shape index (κ3) is 3.93. The smallest absolute Gasteiger partial charge is 0.258 e. The van der Waals surface area contributed by atoms with Gasteiger partial charge < -0.3 is 18.9 Å². The molecule has 4 rings (SSSR count). The molecule has 1 saturated heterocycles. The van der Waals surface area contributed by atoms with E-state index in [9.17, 15) is 4.79 Å². The van der Waals surface area contributed by atoms with E-state index in [1.165, 1.54) is 0 Å². The molecule has 2 heterocycles. The summed E-state index contributed by atoms with van der Waals surface area (Å²) in [7, 11) is 3.17. The fraction of sp³-hybridized carbons (Fsp3) is 0.286. The van der Waals surface area contributed by atoms with Gasteiger partial charge in [-0.1, -0.05) is 11.2 Å². The van der Waals surface area contributed by atoms with Gasteiger partial charge in [0.15, 0.2) is 5.82 Å². The van der Waals surface area contributed by atoms with E-state index < -0.39 is 0 Å². The fourth-order valence-corrected chi connectivity index (χ4v) is 3.81. The average Bonchev–Trinajstić information content (AvgIpc) is 3.40. The monoisotopic (exact) mass is 411 g/mol. The number of ether oxygens (including phenoxy) is 2. The molecule has 0 spiro atoms. The van der Waals surface area contributed by atoms with Crippen molar-refractivity contribution in [1.82, 2.24) is 10.1 Å². The van der Waals surface area contributed by atoms with E-state index in [-0.39, 0.29) is 11.8 Å². The second kappa shape index (κ2) is 8.16. The van der Waals surface area contributed by atoms with Gasteiger partial charge in [0.05, 0.1) is 14.2 Å². The molecule has 3 aromatic rings.